The lowest BCUT2D eigenvalue weighted by atomic mass is 10.1. The Morgan fingerprint density at radius 3 is 2.67 bits per heavy atom. The third-order valence-corrected chi connectivity index (χ3v) is 3.23. The number of hydrogen-bond acceptors (Lipinski definition) is 3. The molecule has 0 aliphatic carbocycles. The molecule has 0 atom stereocenters. The lowest BCUT2D eigenvalue weighted by molar-refractivity contribution is -0.114. The Balaban J connectivity index is 2.54. The molecule has 0 aliphatic heterocycles. The van der Waals surface area contributed by atoms with Crippen molar-refractivity contribution in [2.45, 2.75) is 33.7 Å². The largest absolute Gasteiger partial charge is 0.328 e. The number of aromatic amines is 1. The van der Waals surface area contributed by atoms with Gasteiger partial charge in [0.05, 0.1) is 10.9 Å². The van der Waals surface area contributed by atoms with E-state index in [9.17, 15) is 14.4 Å². The first-order valence-corrected chi connectivity index (χ1v) is 6.93. The highest BCUT2D eigenvalue weighted by Gasteiger charge is 2.09. The molecule has 112 valence electrons. The lowest BCUT2D eigenvalue weighted by Gasteiger charge is -2.09. The van der Waals surface area contributed by atoms with Crippen LogP contribution in [0.4, 0.5) is 5.69 Å². The fourth-order valence-electron chi connectivity index (χ4n) is 2.12. The van der Waals surface area contributed by atoms with Crippen molar-refractivity contribution in [2.24, 2.45) is 5.92 Å². The summed E-state index contributed by atoms with van der Waals surface area (Å²) in [4.78, 5) is 38.2. The maximum absolute atomic E-state index is 12.4. The van der Waals surface area contributed by atoms with Gasteiger partial charge in [-0.2, -0.15) is 0 Å². The number of nitrogens with one attached hydrogen (secondary N) is 2. The summed E-state index contributed by atoms with van der Waals surface area (Å²) in [6.07, 6.45) is 0.750. The van der Waals surface area contributed by atoms with E-state index in [1.54, 1.807) is 18.2 Å². The fraction of sp³-hybridized carbons (Fsp3) is 0.400. The van der Waals surface area contributed by atoms with Crippen LogP contribution in [0.2, 0.25) is 0 Å². The molecule has 2 aromatic rings. The number of hydrogen-bond donors (Lipinski definition) is 2. The summed E-state index contributed by atoms with van der Waals surface area (Å²) >= 11 is 0. The van der Waals surface area contributed by atoms with Gasteiger partial charge in [0.15, 0.2) is 0 Å². The van der Waals surface area contributed by atoms with E-state index < -0.39 is 5.69 Å². The van der Waals surface area contributed by atoms with E-state index in [4.69, 9.17) is 0 Å². The number of benzene rings is 1. The second kappa shape index (κ2) is 5.95. The molecule has 2 N–H and O–H groups in total. The molecule has 6 heteroatoms. The molecule has 0 spiro atoms. The summed E-state index contributed by atoms with van der Waals surface area (Å²) in [7, 11) is 0. The topological polar surface area (TPSA) is 84.0 Å². The average molecular weight is 289 g/mol. The molecule has 0 radical (unpaired) electrons. The van der Waals surface area contributed by atoms with Crippen LogP contribution in [0.1, 0.15) is 27.2 Å². The molecule has 0 aliphatic rings. The van der Waals surface area contributed by atoms with E-state index in [1.807, 2.05) is 13.8 Å². The van der Waals surface area contributed by atoms with Gasteiger partial charge in [0.25, 0.3) is 5.56 Å². The van der Waals surface area contributed by atoms with Gasteiger partial charge in [0, 0.05) is 19.2 Å². The van der Waals surface area contributed by atoms with Crippen molar-refractivity contribution in [3.8, 4) is 0 Å². The second-order valence-electron chi connectivity index (χ2n) is 5.51. The Morgan fingerprint density at radius 1 is 1.33 bits per heavy atom. The van der Waals surface area contributed by atoms with Crippen molar-refractivity contribution in [3.63, 3.8) is 0 Å². The van der Waals surface area contributed by atoms with Gasteiger partial charge in [-0.3, -0.25) is 14.2 Å². The van der Waals surface area contributed by atoms with Crippen LogP contribution in [0, 0.1) is 5.92 Å². The van der Waals surface area contributed by atoms with Crippen LogP contribution >= 0.6 is 0 Å². The molecule has 1 aromatic carbocycles. The molecule has 1 amide bonds. The zero-order valence-electron chi connectivity index (χ0n) is 12.4. The van der Waals surface area contributed by atoms with Gasteiger partial charge in [0.2, 0.25) is 5.91 Å². The van der Waals surface area contributed by atoms with Crippen LogP contribution in [0.5, 0.6) is 0 Å². The summed E-state index contributed by atoms with van der Waals surface area (Å²) in [5.41, 5.74) is 0.275. The average Bonchev–Trinajstić information content (AvgIpc) is 2.38. The van der Waals surface area contributed by atoms with Gasteiger partial charge in [-0.05, 0) is 30.5 Å². The highest BCUT2D eigenvalue weighted by atomic mass is 16.2. The van der Waals surface area contributed by atoms with Gasteiger partial charge in [-0.25, -0.2) is 4.79 Å². The number of amides is 1. The number of rotatable bonds is 4. The first-order valence-electron chi connectivity index (χ1n) is 6.93. The summed E-state index contributed by atoms with van der Waals surface area (Å²) in [5, 5.41) is 3.02. The summed E-state index contributed by atoms with van der Waals surface area (Å²) in [6.45, 7) is 5.86. The Bertz CT molecular complexity index is 787. The number of nitrogens with zero attached hydrogens (tertiary/aromatic N) is 1. The summed E-state index contributed by atoms with van der Waals surface area (Å²) in [5.74, 6) is 0.191. The first-order chi connectivity index (χ1) is 9.88. The maximum Gasteiger partial charge on any atom is 0.328 e. The second-order valence-corrected chi connectivity index (χ2v) is 5.51. The molecule has 0 fully saturated rings. The van der Waals surface area contributed by atoms with Gasteiger partial charge in [-0.15, -0.1) is 0 Å². The number of H-pyrrole nitrogens is 1. The molecule has 6 nitrogen and oxygen atoms in total. The molecular formula is C15H19N3O3. The zero-order valence-corrected chi connectivity index (χ0v) is 12.4. The molecular weight excluding hydrogens is 270 g/mol. The molecule has 0 unspecified atom stereocenters. The summed E-state index contributed by atoms with van der Waals surface area (Å²) in [6, 6.07) is 4.86. The fourth-order valence-corrected chi connectivity index (χ4v) is 2.12. The molecule has 21 heavy (non-hydrogen) atoms. The molecule has 2 rings (SSSR count). The number of fused-ring (bicyclic) bond motifs is 1. The highest BCUT2D eigenvalue weighted by molar-refractivity contribution is 5.91. The predicted octanol–water partition coefficient (Wildman–Crippen LogP) is 1.69. The van der Waals surface area contributed by atoms with E-state index in [0.29, 0.717) is 29.1 Å². The van der Waals surface area contributed by atoms with Crippen LogP contribution in [-0.2, 0) is 11.3 Å². The van der Waals surface area contributed by atoms with Crippen molar-refractivity contribution in [3.05, 3.63) is 39.0 Å². The molecule has 0 saturated carbocycles. The monoisotopic (exact) mass is 289 g/mol. The van der Waals surface area contributed by atoms with Gasteiger partial charge >= 0.3 is 5.69 Å². The van der Waals surface area contributed by atoms with E-state index in [0.717, 1.165) is 6.42 Å². The molecule has 1 aromatic heterocycles. The van der Waals surface area contributed by atoms with Crippen LogP contribution in [0.3, 0.4) is 0 Å². The quantitative estimate of drug-likeness (QED) is 0.898. The SMILES string of the molecule is CC(=O)Nc1ccc2[nH]c(=O)n(CCC(C)C)c(=O)c2c1. The Hall–Kier alpha value is -2.37. The number of anilines is 1. The number of carbonyl (C=O) groups is 1. The molecule has 0 bridgehead atoms. The number of aromatic nitrogens is 2. The van der Waals surface area contributed by atoms with Crippen molar-refractivity contribution in [1.29, 1.82) is 0 Å². The van der Waals surface area contributed by atoms with Crippen molar-refractivity contribution in [1.82, 2.24) is 9.55 Å². The van der Waals surface area contributed by atoms with E-state index in [2.05, 4.69) is 10.3 Å². The lowest BCUT2D eigenvalue weighted by Crippen LogP contribution is -2.35. The smallest absolute Gasteiger partial charge is 0.326 e. The van der Waals surface area contributed by atoms with E-state index in [-0.39, 0.29) is 11.5 Å². The summed E-state index contributed by atoms with van der Waals surface area (Å²) < 4.78 is 1.21. The van der Waals surface area contributed by atoms with Crippen LogP contribution in [0.15, 0.2) is 27.8 Å². The Morgan fingerprint density at radius 2 is 2.05 bits per heavy atom. The predicted molar refractivity (Wildman–Crippen MR) is 82.6 cm³/mol. The third-order valence-electron chi connectivity index (χ3n) is 3.23. The zero-order chi connectivity index (χ0) is 15.6. The Kier molecular flexibility index (Phi) is 4.26. The molecule has 1 heterocycles. The van der Waals surface area contributed by atoms with Crippen LogP contribution in [0.25, 0.3) is 10.9 Å². The van der Waals surface area contributed by atoms with Gasteiger partial charge < -0.3 is 10.3 Å². The van der Waals surface area contributed by atoms with Crippen LogP contribution < -0.4 is 16.6 Å². The van der Waals surface area contributed by atoms with Crippen molar-refractivity contribution < 1.29 is 4.79 Å². The minimum atomic E-state index is -0.402. The molecule has 0 saturated heterocycles. The van der Waals surface area contributed by atoms with Gasteiger partial charge in [-0.1, -0.05) is 13.8 Å². The van der Waals surface area contributed by atoms with Crippen molar-refractivity contribution >= 4 is 22.5 Å². The van der Waals surface area contributed by atoms with Crippen molar-refractivity contribution in [2.75, 3.05) is 5.32 Å². The maximum atomic E-state index is 12.4. The normalized spacial score (nSPS) is 11.0. The minimum Gasteiger partial charge on any atom is -0.326 e. The first kappa shape index (κ1) is 15.0. The third kappa shape index (κ3) is 3.39. The van der Waals surface area contributed by atoms with E-state index in [1.165, 1.54) is 11.5 Å². The van der Waals surface area contributed by atoms with Crippen LogP contribution in [-0.4, -0.2) is 15.5 Å². The Labute approximate surface area is 121 Å². The van der Waals surface area contributed by atoms with Gasteiger partial charge in [0.1, 0.15) is 0 Å². The standard InChI is InChI=1S/C15H19N3O3/c1-9(2)6-7-18-14(20)12-8-11(16-10(3)19)4-5-13(12)17-15(18)21/h4-5,8-9H,6-7H2,1-3H3,(H,16,19)(H,17,21). The minimum absolute atomic E-state index is 0.209. The van der Waals surface area contributed by atoms with E-state index >= 15 is 0 Å². The number of carbonyl (C=O) groups excluding carboxylic acids is 1. The highest BCUT2D eigenvalue weighted by Crippen LogP contribution is 2.13.